The van der Waals surface area contributed by atoms with Gasteiger partial charge in [0, 0.05) is 22.3 Å². The number of nitrogens with two attached hydrogens (primary N) is 1. The molecule has 0 amide bonds. The molecule has 1 aromatic carbocycles. The number of carbonyl (C=O) groups is 1. The summed E-state index contributed by atoms with van der Waals surface area (Å²) in [4.78, 5) is 15.5. The first-order chi connectivity index (χ1) is 8.61. The third-order valence-corrected chi connectivity index (χ3v) is 2.81. The maximum atomic E-state index is 11.5. The van der Waals surface area contributed by atoms with Crippen molar-refractivity contribution in [3.8, 4) is 11.1 Å². The summed E-state index contributed by atoms with van der Waals surface area (Å²) in [6.07, 6.45) is 1.61. The molecule has 0 aliphatic rings. The van der Waals surface area contributed by atoms with Gasteiger partial charge in [-0.25, -0.2) is 9.78 Å². The van der Waals surface area contributed by atoms with Crippen molar-refractivity contribution >= 4 is 23.4 Å². The summed E-state index contributed by atoms with van der Waals surface area (Å²) in [6, 6.07) is 8.41. The van der Waals surface area contributed by atoms with E-state index in [0.717, 1.165) is 5.56 Å². The van der Waals surface area contributed by atoms with Crippen LogP contribution in [0.15, 0.2) is 36.5 Å². The van der Waals surface area contributed by atoms with Gasteiger partial charge in [-0.2, -0.15) is 0 Å². The summed E-state index contributed by atoms with van der Waals surface area (Å²) in [5, 5.41) is 0.536. The summed E-state index contributed by atoms with van der Waals surface area (Å²) >= 11 is 6.11. The summed E-state index contributed by atoms with van der Waals surface area (Å²) in [7, 11) is 1.33. The Morgan fingerprint density at radius 2 is 2.11 bits per heavy atom. The highest BCUT2D eigenvalue weighted by Crippen LogP contribution is 2.28. The Kier molecular flexibility index (Phi) is 3.48. The second-order valence-corrected chi connectivity index (χ2v) is 4.07. The molecule has 18 heavy (non-hydrogen) atoms. The number of aromatic nitrogens is 1. The highest BCUT2D eigenvalue weighted by molar-refractivity contribution is 6.33. The highest BCUT2D eigenvalue weighted by atomic mass is 35.5. The quantitative estimate of drug-likeness (QED) is 0.845. The predicted octanol–water partition coefficient (Wildman–Crippen LogP) is 2.77. The Labute approximate surface area is 109 Å². The molecule has 0 bridgehead atoms. The highest BCUT2D eigenvalue weighted by Gasteiger charge is 2.10. The van der Waals surface area contributed by atoms with Crippen LogP contribution in [0.5, 0.6) is 0 Å². The Balaban J connectivity index is 2.49. The molecule has 0 atom stereocenters. The first-order valence-electron chi connectivity index (χ1n) is 5.21. The number of nitrogen functional groups attached to an aromatic ring is 1. The summed E-state index contributed by atoms with van der Waals surface area (Å²) in [5.74, 6) is 0.0234. The fourth-order valence-corrected chi connectivity index (χ4v) is 1.78. The van der Waals surface area contributed by atoms with Gasteiger partial charge in [-0.3, -0.25) is 0 Å². The van der Waals surface area contributed by atoms with E-state index in [1.165, 1.54) is 7.11 Å². The molecule has 0 saturated carbocycles. The second-order valence-electron chi connectivity index (χ2n) is 3.66. The Hall–Kier alpha value is -2.07. The van der Waals surface area contributed by atoms with Crippen LogP contribution < -0.4 is 5.73 Å². The third kappa shape index (κ3) is 2.43. The van der Waals surface area contributed by atoms with Gasteiger partial charge in [0.25, 0.3) is 0 Å². The number of rotatable bonds is 2. The summed E-state index contributed by atoms with van der Waals surface area (Å²) in [6.45, 7) is 0. The van der Waals surface area contributed by atoms with Crippen molar-refractivity contribution < 1.29 is 9.53 Å². The molecule has 4 nitrogen and oxygen atoms in total. The standard InChI is InChI=1S/C13H11ClN2O2/c1-18-13(17)8-2-4-11(14)10(6-8)9-3-5-12(15)16-7-9/h2-7H,1H3,(H2,15,16). The number of benzene rings is 1. The molecule has 1 heterocycles. The van der Waals surface area contributed by atoms with Crippen molar-refractivity contribution in [1.29, 1.82) is 0 Å². The Morgan fingerprint density at radius 3 is 2.72 bits per heavy atom. The first-order valence-corrected chi connectivity index (χ1v) is 5.59. The number of methoxy groups -OCH3 is 1. The van der Waals surface area contributed by atoms with E-state index in [2.05, 4.69) is 9.72 Å². The van der Waals surface area contributed by atoms with Crippen LogP contribution in [-0.4, -0.2) is 18.1 Å². The third-order valence-electron chi connectivity index (χ3n) is 2.48. The fourth-order valence-electron chi connectivity index (χ4n) is 1.56. The largest absolute Gasteiger partial charge is 0.465 e. The molecule has 0 fully saturated rings. The maximum Gasteiger partial charge on any atom is 0.337 e. The van der Waals surface area contributed by atoms with Gasteiger partial charge < -0.3 is 10.5 Å². The minimum absolute atomic E-state index is 0.406. The van der Waals surface area contributed by atoms with Gasteiger partial charge in [0.15, 0.2) is 0 Å². The lowest BCUT2D eigenvalue weighted by Gasteiger charge is -2.07. The van der Waals surface area contributed by atoms with Crippen LogP contribution in [-0.2, 0) is 4.74 Å². The van der Waals surface area contributed by atoms with Gasteiger partial charge in [0.1, 0.15) is 5.82 Å². The monoisotopic (exact) mass is 262 g/mol. The van der Waals surface area contributed by atoms with E-state index >= 15 is 0 Å². The molecular weight excluding hydrogens is 252 g/mol. The average Bonchev–Trinajstić information content (AvgIpc) is 2.39. The van der Waals surface area contributed by atoms with E-state index in [-0.39, 0.29) is 0 Å². The number of hydrogen-bond donors (Lipinski definition) is 1. The van der Waals surface area contributed by atoms with E-state index in [1.807, 2.05) is 0 Å². The Morgan fingerprint density at radius 1 is 1.33 bits per heavy atom. The number of nitrogens with zero attached hydrogens (tertiary/aromatic N) is 1. The number of hydrogen-bond acceptors (Lipinski definition) is 4. The number of esters is 1. The molecule has 0 unspecified atom stereocenters. The van der Waals surface area contributed by atoms with Gasteiger partial charge in [0.05, 0.1) is 12.7 Å². The molecular formula is C13H11ClN2O2. The van der Waals surface area contributed by atoms with Gasteiger partial charge in [-0.15, -0.1) is 0 Å². The lowest BCUT2D eigenvalue weighted by atomic mass is 10.0. The molecule has 2 aromatic rings. The van der Waals surface area contributed by atoms with E-state index in [0.29, 0.717) is 22.0 Å². The molecule has 0 spiro atoms. The number of halogens is 1. The number of ether oxygens (including phenoxy) is 1. The average molecular weight is 263 g/mol. The second kappa shape index (κ2) is 5.06. The van der Waals surface area contributed by atoms with Crippen LogP contribution in [0.4, 0.5) is 5.82 Å². The molecule has 5 heteroatoms. The SMILES string of the molecule is COC(=O)c1ccc(Cl)c(-c2ccc(N)nc2)c1. The van der Waals surface area contributed by atoms with Crippen molar-refractivity contribution in [2.45, 2.75) is 0 Å². The summed E-state index contributed by atoms with van der Waals surface area (Å²) < 4.78 is 4.67. The minimum Gasteiger partial charge on any atom is -0.465 e. The van der Waals surface area contributed by atoms with Crippen molar-refractivity contribution in [3.05, 3.63) is 47.1 Å². The van der Waals surface area contributed by atoms with Crippen LogP contribution in [0.25, 0.3) is 11.1 Å². The normalized spacial score (nSPS) is 10.1. The molecule has 2 rings (SSSR count). The summed E-state index contributed by atoms with van der Waals surface area (Å²) in [5.41, 5.74) is 7.47. The first kappa shape index (κ1) is 12.4. The zero-order valence-electron chi connectivity index (χ0n) is 9.68. The van der Waals surface area contributed by atoms with Crippen molar-refractivity contribution in [2.75, 3.05) is 12.8 Å². The molecule has 92 valence electrons. The van der Waals surface area contributed by atoms with E-state index < -0.39 is 5.97 Å². The van der Waals surface area contributed by atoms with E-state index in [1.54, 1.807) is 36.5 Å². The molecule has 0 radical (unpaired) electrons. The molecule has 0 aliphatic carbocycles. The lowest BCUT2D eigenvalue weighted by Crippen LogP contribution is -2.01. The Bertz CT molecular complexity index is 582. The number of carbonyl (C=O) groups excluding carboxylic acids is 1. The smallest absolute Gasteiger partial charge is 0.337 e. The number of pyridine rings is 1. The van der Waals surface area contributed by atoms with Gasteiger partial charge in [0.2, 0.25) is 0 Å². The zero-order chi connectivity index (χ0) is 13.1. The van der Waals surface area contributed by atoms with Crippen LogP contribution in [0, 0.1) is 0 Å². The predicted molar refractivity (Wildman–Crippen MR) is 70.4 cm³/mol. The van der Waals surface area contributed by atoms with Gasteiger partial charge >= 0.3 is 5.97 Å². The van der Waals surface area contributed by atoms with Crippen LogP contribution in [0.3, 0.4) is 0 Å². The van der Waals surface area contributed by atoms with Gasteiger partial charge in [-0.05, 0) is 30.3 Å². The van der Waals surface area contributed by atoms with Crippen molar-refractivity contribution in [2.24, 2.45) is 0 Å². The topological polar surface area (TPSA) is 65.2 Å². The molecule has 2 N–H and O–H groups in total. The lowest BCUT2D eigenvalue weighted by molar-refractivity contribution is 0.0601. The van der Waals surface area contributed by atoms with Crippen molar-refractivity contribution in [3.63, 3.8) is 0 Å². The van der Waals surface area contributed by atoms with Crippen LogP contribution >= 0.6 is 11.6 Å². The van der Waals surface area contributed by atoms with Crippen molar-refractivity contribution in [1.82, 2.24) is 4.98 Å². The minimum atomic E-state index is -0.406. The van der Waals surface area contributed by atoms with Crippen LogP contribution in [0.2, 0.25) is 5.02 Å². The van der Waals surface area contributed by atoms with Crippen LogP contribution in [0.1, 0.15) is 10.4 Å². The van der Waals surface area contributed by atoms with E-state index in [9.17, 15) is 4.79 Å². The number of anilines is 1. The fraction of sp³-hybridized carbons (Fsp3) is 0.0769. The van der Waals surface area contributed by atoms with Gasteiger partial charge in [-0.1, -0.05) is 11.6 Å². The maximum absolute atomic E-state index is 11.5. The molecule has 0 aliphatic heterocycles. The zero-order valence-corrected chi connectivity index (χ0v) is 10.4. The van der Waals surface area contributed by atoms with E-state index in [4.69, 9.17) is 17.3 Å². The molecule has 1 aromatic heterocycles. The molecule has 0 saturated heterocycles.